The van der Waals surface area contributed by atoms with Gasteiger partial charge in [-0.2, -0.15) is 0 Å². The van der Waals surface area contributed by atoms with E-state index in [1.165, 1.54) is 0 Å². The molecule has 1 aliphatic rings. The van der Waals surface area contributed by atoms with Crippen LogP contribution >= 0.6 is 15.9 Å². The molecule has 1 heterocycles. The number of nitrogens with one attached hydrogen (secondary N) is 1. The van der Waals surface area contributed by atoms with Crippen molar-refractivity contribution >= 4 is 21.8 Å². The van der Waals surface area contributed by atoms with E-state index in [0.29, 0.717) is 42.8 Å². The number of carbonyl (C=O) groups is 1. The normalized spacial score (nSPS) is 12.8. The number of fused-ring (bicyclic) bond motifs is 1. The average Bonchev–Trinajstić information content (AvgIpc) is 2.89. The van der Waals surface area contributed by atoms with Gasteiger partial charge in [0.05, 0.1) is 20.3 Å². The van der Waals surface area contributed by atoms with Gasteiger partial charge in [-0.3, -0.25) is 4.79 Å². The van der Waals surface area contributed by atoms with Crippen molar-refractivity contribution < 1.29 is 23.7 Å². The van der Waals surface area contributed by atoms with Crippen molar-refractivity contribution in [3.05, 3.63) is 46.4 Å². The first kappa shape index (κ1) is 18.4. The Balaban J connectivity index is 1.58. The predicted molar refractivity (Wildman–Crippen MR) is 100 cm³/mol. The van der Waals surface area contributed by atoms with Gasteiger partial charge < -0.3 is 24.3 Å². The van der Waals surface area contributed by atoms with Crippen LogP contribution in [-0.4, -0.2) is 32.8 Å². The summed E-state index contributed by atoms with van der Waals surface area (Å²) in [5, 5.41) is 2.83. The highest BCUT2D eigenvalue weighted by atomic mass is 79.9. The molecule has 0 saturated carbocycles. The van der Waals surface area contributed by atoms with Crippen molar-refractivity contribution in [2.45, 2.75) is 13.0 Å². The maximum absolute atomic E-state index is 12.1. The van der Waals surface area contributed by atoms with E-state index in [1.54, 1.807) is 25.3 Å². The Morgan fingerprint density at radius 3 is 2.54 bits per heavy atom. The third kappa shape index (κ3) is 4.82. The standard InChI is InChI=1S/C19H20BrNO5/c1-23-16-10-18-17(24-7-2-8-25-18)9-13(16)11-21-19(22)12-26-15-5-3-14(20)4-6-15/h3-6,9-10H,2,7-8,11-12H2,1H3,(H,21,22). The molecule has 1 N–H and O–H groups in total. The van der Waals surface area contributed by atoms with Crippen LogP contribution in [0.3, 0.4) is 0 Å². The van der Waals surface area contributed by atoms with Gasteiger partial charge in [0.2, 0.25) is 0 Å². The minimum absolute atomic E-state index is 0.0610. The zero-order valence-corrected chi connectivity index (χ0v) is 16.0. The van der Waals surface area contributed by atoms with Crippen LogP contribution in [0.4, 0.5) is 0 Å². The third-order valence-corrected chi connectivity index (χ3v) is 4.34. The Kier molecular flexibility index (Phi) is 6.22. The second-order valence-corrected chi connectivity index (χ2v) is 6.60. The number of hydrogen-bond acceptors (Lipinski definition) is 5. The highest BCUT2D eigenvalue weighted by Gasteiger charge is 2.16. The smallest absolute Gasteiger partial charge is 0.258 e. The van der Waals surface area contributed by atoms with Crippen molar-refractivity contribution in [3.63, 3.8) is 0 Å². The summed E-state index contributed by atoms with van der Waals surface area (Å²) in [5.74, 6) is 2.38. The summed E-state index contributed by atoms with van der Waals surface area (Å²) in [7, 11) is 1.58. The molecular weight excluding hydrogens is 402 g/mol. The fourth-order valence-corrected chi connectivity index (χ4v) is 2.75. The number of methoxy groups -OCH3 is 1. The Bertz CT molecular complexity index is 763. The molecule has 0 spiro atoms. The zero-order chi connectivity index (χ0) is 18.4. The van der Waals surface area contributed by atoms with Crippen LogP contribution in [0.2, 0.25) is 0 Å². The van der Waals surface area contributed by atoms with Crippen LogP contribution in [0.1, 0.15) is 12.0 Å². The van der Waals surface area contributed by atoms with E-state index in [9.17, 15) is 4.79 Å². The quantitative estimate of drug-likeness (QED) is 0.774. The topological polar surface area (TPSA) is 66.0 Å². The summed E-state index contributed by atoms with van der Waals surface area (Å²) in [6.45, 7) is 1.46. The van der Waals surface area contributed by atoms with Gasteiger partial charge in [-0.05, 0) is 30.3 Å². The SMILES string of the molecule is COc1cc2c(cc1CNC(=O)COc1ccc(Br)cc1)OCCCO2. The lowest BCUT2D eigenvalue weighted by Crippen LogP contribution is -2.28. The molecule has 0 aliphatic carbocycles. The molecule has 1 amide bonds. The van der Waals surface area contributed by atoms with Gasteiger partial charge >= 0.3 is 0 Å². The Morgan fingerprint density at radius 1 is 1.15 bits per heavy atom. The number of halogens is 1. The average molecular weight is 422 g/mol. The number of amides is 1. The van der Waals surface area contributed by atoms with Gasteiger partial charge in [0.25, 0.3) is 5.91 Å². The summed E-state index contributed by atoms with van der Waals surface area (Å²) in [6.07, 6.45) is 0.830. The van der Waals surface area contributed by atoms with Crippen LogP contribution in [0, 0.1) is 0 Å². The molecule has 0 radical (unpaired) electrons. The van der Waals surface area contributed by atoms with Gasteiger partial charge in [-0.15, -0.1) is 0 Å². The molecule has 0 bridgehead atoms. The van der Waals surface area contributed by atoms with Crippen molar-refractivity contribution in [1.29, 1.82) is 0 Å². The van der Waals surface area contributed by atoms with E-state index in [-0.39, 0.29) is 12.5 Å². The molecule has 138 valence electrons. The van der Waals surface area contributed by atoms with Gasteiger partial charge in [0.1, 0.15) is 11.5 Å². The van der Waals surface area contributed by atoms with E-state index in [0.717, 1.165) is 16.5 Å². The Hall–Kier alpha value is -2.41. The highest BCUT2D eigenvalue weighted by molar-refractivity contribution is 9.10. The Morgan fingerprint density at radius 2 is 1.85 bits per heavy atom. The lowest BCUT2D eigenvalue weighted by atomic mass is 10.1. The van der Waals surface area contributed by atoms with Crippen LogP contribution in [-0.2, 0) is 11.3 Å². The maximum Gasteiger partial charge on any atom is 0.258 e. The zero-order valence-electron chi connectivity index (χ0n) is 14.4. The Labute approximate surface area is 160 Å². The summed E-state index contributed by atoms with van der Waals surface area (Å²) < 4.78 is 23.2. The number of hydrogen-bond donors (Lipinski definition) is 1. The largest absolute Gasteiger partial charge is 0.496 e. The van der Waals surface area contributed by atoms with E-state index in [4.69, 9.17) is 18.9 Å². The van der Waals surface area contributed by atoms with Gasteiger partial charge in [0.15, 0.2) is 18.1 Å². The van der Waals surface area contributed by atoms with Crippen molar-refractivity contribution in [3.8, 4) is 23.0 Å². The first-order valence-electron chi connectivity index (χ1n) is 8.27. The molecule has 3 rings (SSSR count). The number of ether oxygens (including phenoxy) is 4. The summed E-state index contributed by atoms with van der Waals surface area (Å²) in [4.78, 5) is 12.1. The summed E-state index contributed by atoms with van der Waals surface area (Å²) >= 11 is 3.35. The lowest BCUT2D eigenvalue weighted by Gasteiger charge is -2.14. The molecule has 1 aliphatic heterocycles. The fourth-order valence-electron chi connectivity index (χ4n) is 2.48. The van der Waals surface area contributed by atoms with Crippen LogP contribution < -0.4 is 24.3 Å². The van der Waals surface area contributed by atoms with E-state index in [1.807, 2.05) is 18.2 Å². The van der Waals surface area contributed by atoms with Gasteiger partial charge in [-0.25, -0.2) is 0 Å². The molecule has 2 aromatic carbocycles. The van der Waals surface area contributed by atoms with E-state index >= 15 is 0 Å². The van der Waals surface area contributed by atoms with E-state index < -0.39 is 0 Å². The lowest BCUT2D eigenvalue weighted by molar-refractivity contribution is -0.123. The van der Waals surface area contributed by atoms with Crippen LogP contribution in [0.25, 0.3) is 0 Å². The number of benzene rings is 2. The monoisotopic (exact) mass is 421 g/mol. The third-order valence-electron chi connectivity index (χ3n) is 3.81. The maximum atomic E-state index is 12.1. The molecule has 0 saturated heterocycles. The fraction of sp³-hybridized carbons (Fsp3) is 0.316. The first-order valence-corrected chi connectivity index (χ1v) is 9.06. The molecule has 0 aromatic heterocycles. The molecule has 6 nitrogen and oxygen atoms in total. The van der Waals surface area contributed by atoms with Gasteiger partial charge in [-0.1, -0.05) is 15.9 Å². The predicted octanol–water partition coefficient (Wildman–Crippen LogP) is 3.31. The van der Waals surface area contributed by atoms with Crippen molar-refractivity contribution in [2.24, 2.45) is 0 Å². The molecule has 7 heteroatoms. The molecule has 0 atom stereocenters. The minimum Gasteiger partial charge on any atom is -0.496 e. The first-order chi connectivity index (χ1) is 12.7. The summed E-state index contributed by atoms with van der Waals surface area (Å²) in [6, 6.07) is 10.9. The van der Waals surface area contributed by atoms with Crippen molar-refractivity contribution in [2.75, 3.05) is 26.9 Å². The van der Waals surface area contributed by atoms with Crippen LogP contribution in [0.15, 0.2) is 40.9 Å². The summed E-state index contributed by atoms with van der Waals surface area (Å²) in [5.41, 5.74) is 0.814. The van der Waals surface area contributed by atoms with Gasteiger partial charge in [0, 0.05) is 29.1 Å². The highest BCUT2D eigenvalue weighted by Crippen LogP contribution is 2.36. The molecule has 0 unspecified atom stereocenters. The second kappa shape index (κ2) is 8.80. The molecule has 2 aromatic rings. The number of rotatable bonds is 6. The van der Waals surface area contributed by atoms with Crippen LogP contribution in [0.5, 0.6) is 23.0 Å². The minimum atomic E-state index is -0.220. The number of carbonyl (C=O) groups excluding carboxylic acids is 1. The second-order valence-electron chi connectivity index (χ2n) is 5.68. The van der Waals surface area contributed by atoms with E-state index in [2.05, 4.69) is 21.2 Å². The molecule has 0 fully saturated rings. The van der Waals surface area contributed by atoms with Crippen molar-refractivity contribution in [1.82, 2.24) is 5.32 Å². The molecular formula is C19H20BrNO5. The molecule has 26 heavy (non-hydrogen) atoms.